The summed E-state index contributed by atoms with van der Waals surface area (Å²) in [6, 6.07) is 9.55. The van der Waals surface area contributed by atoms with Gasteiger partial charge < -0.3 is 5.32 Å². The van der Waals surface area contributed by atoms with Crippen LogP contribution in [0.5, 0.6) is 0 Å². The molecule has 1 unspecified atom stereocenters. The average molecular weight is 292 g/mol. The molecule has 0 spiro atoms. The van der Waals surface area contributed by atoms with Gasteiger partial charge in [0, 0.05) is 16.2 Å². The molecule has 1 atom stereocenters. The molecular weight excluding hydrogens is 262 g/mol. The smallest absolute Gasteiger partial charge is 0.0328 e. The molecule has 0 radical (unpaired) electrons. The van der Waals surface area contributed by atoms with Gasteiger partial charge in [-0.15, -0.1) is 11.8 Å². The van der Waals surface area contributed by atoms with Gasteiger partial charge >= 0.3 is 0 Å². The standard InChI is InChI=1S/C18H29NS/c1-3-14-19-17(4-2)16-12-8-9-13-18(16)20-15-10-6-5-7-11-15/h8-9,12-13,15,17,19H,3-7,10-11,14H2,1-2H3. The fourth-order valence-corrected chi connectivity index (χ4v) is 4.46. The molecule has 0 heterocycles. The van der Waals surface area contributed by atoms with Gasteiger partial charge in [0.25, 0.3) is 0 Å². The van der Waals surface area contributed by atoms with Gasteiger partial charge in [0.15, 0.2) is 0 Å². The maximum absolute atomic E-state index is 3.70. The van der Waals surface area contributed by atoms with Gasteiger partial charge in [0.1, 0.15) is 0 Å². The minimum Gasteiger partial charge on any atom is -0.310 e. The number of thioether (sulfide) groups is 1. The first-order chi connectivity index (χ1) is 9.85. The van der Waals surface area contributed by atoms with E-state index in [0.29, 0.717) is 6.04 Å². The van der Waals surface area contributed by atoms with Crippen molar-refractivity contribution in [2.24, 2.45) is 0 Å². The van der Waals surface area contributed by atoms with Gasteiger partial charge in [-0.1, -0.05) is 51.3 Å². The van der Waals surface area contributed by atoms with E-state index in [1.54, 1.807) is 0 Å². The van der Waals surface area contributed by atoms with Crippen LogP contribution in [0.3, 0.4) is 0 Å². The minimum absolute atomic E-state index is 0.516. The lowest BCUT2D eigenvalue weighted by molar-refractivity contribution is 0.508. The summed E-state index contributed by atoms with van der Waals surface area (Å²) in [7, 11) is 0. The minimum atomic E-state index is 0.516. The molecule has 0 aromatic heterocycles. The highest BCUT2D eigenvalue weighted by Gasteiger charge is 2.18. The van der Waals surface area contributed by atoms with Gasteiger partial charge in [-0.2, -0.15) is 0 Å². The highest BCUT2D eigenvalue weighted by atomic mass is 32.2. The summed E-state index contributed by atoms with van der Waals surface area (Å²) >= 11 is 2.13. The fraction of sp³-hybridized carbons (Fsp3) is 0.667. The van der Waals surface area contributed by atoms with Crippen molar-refractivity contribution >= 4 is 11.8 Å². The number of nitrogens with one attached hydrogen (secondary N) is 1. The summed E-state index contributed by atoms with van der Waals surface area (Å²) in [5.74, 6) is 0. The lowest BCUT2D eigenvalue weighted by Gasteiger charge is -2.25. The molecule has 0 amide bonds. The molecule has 1 nitrogen and oxygen atoms in total. The first kappa shape index (κ1) is 15.9. The van der Waals surface area contributed by atoms with Crippen LogP contribution in [0.25, 0.3) is 0 Å². The van der Waals surface area contributed by atoms with Crippen LogP contribution < -0.4 is 5.32 Å². The third kappa shape index (κ3) is 4.53. The van der Waals surface area contributed by atoms with Crippen LogP contribution in [0.15, 0.2) is 29.2 Å². The second-order valence-electron chi connectivity index (χ2n) is 5.83. The molecule has 1 saturated carbocycles. The van der Waals surface area contributed by atoms with Crippen molar-refractivity contribution in [3.05, 3.63) is 29.8 Å². The number of hydrogen-bond acceptors (Lipinski definition) is 2. The van der Waals surface area contributed by atoms with E-state index in [2.05, 4.69) is 55.2 Å². The van der Waals surface area contributed by atoms with Crippen molar-refractivity contribution in [1.82, 2.24) is 5.32 Å². The summed E-state index contributed by atoms with van der Waals surface area (Å²) in [5, 5.41) is 4.54. The molecule has 0 bridgehead atoms. The van der Waals surface area contributed by atoms with E-state index in [0.717, 1.165) is 11.8 Å². The zero-order valence-corrected chi connectivity index (χ0v) is 13.8. The van der Waals surface area contributed by atoms with Crippen molar-refractivity contribution in [1.29, 1.82) is 0 Å². The van der Waals surface area contributed by atoms with Crippen LogP contribution in [0.2, 0.25) is 0 Å². The number of hydrogen-bond donors (Lipinski definition) is 1. The Balaban J connectivity index is 2.07. The molecule has 112 valence electrons. The van der Waals surface area contributed by atoms with E-state index in [1.165, 1.54) is 55.4 Å². The first-order valence-corrected chi connectivity index (χ1v) is 9.22. The largest absolute Gasteiger partial charge is 0.310 e. The third-order valence-electron chi connectivity index (χ3n) is 4.19. The van der Waals surface area contributed by atoms with Gasteiger partial charge in [-0.25, -0.2) is 0 Å². The van der Waals surface area contributed by atoms with Crippen LogP contribution in [0.4, 0.5) is 0 Å². The van der Waals surface area contributed by atoms with Crippen molar-refractivity contribution < 1.29 is 0 Å². The maximum atomic E-state index is 3.70. The van der Waals surface area contributed by atoms with Crippen molar-refractivity contribution in [3.63, 3.8) is 0 Å². The second kappa shape index (κ2) is 8.74. The summed E-state index contributed by atoms with van der Waals surface area (Å²) in [6.07, 6.45) is 9.46. The molecular formula is C18H29NS. The normalized spacial score (nSPS) is 18.1. The summed E-state index contributed by atoms with van der Waals surface area (Å²) in [5.41, 5.74) is 1.51. The molecule has 1 aromatic carbocycles. The van der Waals surface area contributed by atoms with E-state index in [9.17, 15) is 0 Å². The molecule has 1 fully saturated rings. The molecule has 2 heteroatoms. The highest BCUT2D eigenvalue weighted by molar-refractivity contribution is 8.00. The molecule has 1 aliphatic carbocycles. The maximum Gasteiger partial charge on any atom is 0.0328 e. The van der Waals surface area contributed by atoms with E-state index in [-0.39, 0.29) is 0 Å². The topological polar surface area (TPSA) is 12.0 Å². The molecule has 0 saturated heterocycles. The van der Waals surface area contributed by atoms with E-state index >= 15 is 0 Å². The average Bonchev–Trinajstić information content (AvgIpc) is 2.50. The SMILES string of the molecule is CCCNC(CC)c1ccccc1SC1CCCCC1. The summed E-state index contributed by atoms with van der Waals surface area (Å²) < 4.78 is 0. The molecule has 1 aromatic rings. The quantitative estimate of drug-likeness (QED) is 0.705. The second-order valence-corrected chi connectivity index (χ2v) is 7.17. The number of benzene rings is 1. The van der Waals surface area contributed by atoms with Gasteiger partial charge in [0.2, 0.25) is 0 Å². The van der Waals surface area contributed by atoms with Crippen LogP contribution >= 0.6 is 11.8 Å². The van der Waals surface area contributed by atoms with Gasteiger partial charge in [0.05, 0.1) is 0 Å². The van der Waals surface area contributed by atoms with Crippen molar-refractivity contribution in [2.45, 2.75) is 75.0 Å². The van der Waals surface area contributed by atoms with E-state index in [1.807, 2.05) is 0 Å². The fourth-order valence-electron chi connectivity index (χ4n) is 3.03. The Bertz CT molecular complexity index is 385. The Labute approximate surface area is 128 Å². The predicted octanol–water partition coefficient (Wildman–Crippen LogP) is 5.56. The zero-order valence-electron chi connectivity index (χ0n) is 13.0. The van der Waals surface area contributed by atoms with Crippen molar-refractivity contribution in [3.8, 4) is 0 Å². The Morgan fingerprint density at radius 1 is 1.15 bits per heavy atom. The molecule has 1 aliphatic rings. The molecule has 0 aliphatic heterocycles. The van der Waals surface area contributed by atoms with Gasteiger partial charge in [-0.05, 0) is 43.9 Å². The Morgan fingerprint density at radius 3 is 2.60 bits per heavy atom. The molecule has 20 heavy (non-hydrogen) atoms. The monoisotopic (exact) mass is 291 g/mol. The summed E-state index contributed by atoms with van der Waals surface area (Å²) in [4.78, 5) is 1.51. The summed E-state index contributed by atoms with van der Waals surface area (Å²) in [6.45, 7) is 5.64. The Hall–Kier alpha value is -0.470. The Morgan fingerprint density at radius 2 is 1.90 bits per heavy atom. The third-order valence-corrected chi connectivity index (χ3v) is 5.62. The lowest BCUT2D eigenvalue weighted by atomic mass is 10.0. The molecule has 2 rings (SSSR count). The predicted molar refractivity (Wildman–Crippen MR) is 90.5 cm³/mol. The lowest BCUT2D eigenvalue weighted by Crippen LogP contribution is -2.22. The van der Waals surface area contributed by atoms with Crippen molar-refractivity contribution in [2.75, 3.05) is 6.54 Å². The molecule has 1 N–H and O–H groups in total. The Kier molecular flexibility index (Phi) is 6.95. The van der Waals surface area contributed by atoms with Crippen LogP contribution in [0, 0.1) is 0 Å². The zero-order chi connectivity index (χ0) is 14.2. The number of rotatable bonds is 7. The highest BCUT2D eigenvalue weighted by Crippen LogP contribution is 2.37. The first-order valence-electron chi connectivity index (χ1n) is 8.34. The van der Waals surface area contributed by atoms with E-state index in [4.69, 9.17) is 0 Å². The van der Waals surface area contributed by atoms with Gasteiger partial charge in [-0.3, -0.25) is 0 Å². The van der Waals surface area contributed by atoms with E-state index < -0.39 is 0 Å². The van der Waals surface area contributed by atoms with Crippen LogP contribution in [-0.2, 0) is 0 Å². The van der Waals surface area contributed by atoms with Crippen LogP contribution in [0.1, 0.15) is 70.4 Å². The van der Waals surface area contributed by atoms with Crippen LogP contribution in [-0.4, -0.2) is 11.8 Å².